The van der Waals surface area contributed by atoms with Crippen molar-refractivity contribution >= 4 is 11.9 Å². The standard InChI is InChI=1S/C18H28N4O3/c1-25-14-8-19-18(24)20-17(23)15-22-12-10-21(11-13-22)9-7-16-5-3-2-4-6-16/h2-6H,7-15H2,1H3,(H2,19,20,23,24). The van der Waals surface area contributed by atoms with Gasteiger partial charge in [0.25, 0.3) is 0 Å². The van der Waals surface area contributed by atoms with Crippen molar-refractivity contribution in [1.82, 2.24) is 20.4 Å². The first-order valence-corrected chi connectivity index (χ1v) is 8.72. The van der Waals surface area contributed by atoms with E-state index in [9.17, 15) is 9.59 Å². The first-order valence-electron chi connectivity index (χ1n) is 8.72. The number of methoxy groups -OCH3 is 1. The van der Waals surface area contributed by atoms with Gasteiger partial charge in [-0.1, -0.05) is 30.3 Å². The number of carbonyl (C=O) groups is 2. The maximum absolute atomic E-state index is 11.9. The number of urea groups is 1. The minimum absolute atomic E-state index is 0.254. The highest BCUT2D eigenvalue weighted by Gasteiger charge is 2.19. The van der Waals surface area contributed by atoms with E-state index in [2.05, 4.69) is 44.7 Å². The summed E-state index contributed by atoms with van der Waals surface area (Å²) in [5.74, 6) is -0.271. The molecule has 25 heavy (non-hydrogen) atoms. The number of amides is 3. The van der Waals surface area contributed by atoms with E-state index in [1.807, 2.05) is 6.07 Å². The maximum Gasteiger partial charge on any atom is 0.321 e. The van der Waals surface area contributed by atoms with Gasteiger partial charge in [0.05, 0.1) is 13.2 Å². The summed E-state index contributed by atoms with van der Waals surface area (Å²) in [4.78, 5) is 27.9. The van der Waals surface area contributed by atoms with E-state index < -0.39 is 6.03 Å². The second kappa shape index (κ2) is 10.8. The molecule has 0 saturated carbocycles. The lowest BCUT2D eigenvalue weighted by atomic mass is 10.1. The summed E-state index contributed by atoms with van der Waals surface area (Å²) in [5, 5.41) is 4.91. The highest BCUT2D eigenvalue weighted by Crippen LogP contribution is 2.05. The first kappa shape index (κ1) is 19.4. The van der Waals surface area contributed by atoms with E-state index in [1.165, 1.54) is 5.56 Å². The van der Waals surface area contributed by atoms with Crippen molar-refractivity contribution in [2.24, 2.45) is 0 Å². The smallest absolute Gasteiger partial charge is 0.321 e. The van der Waals surface area contributed by atoms with Crippen LogP contribution in [-0.4, -0.2) is 81.3 Å². The van der Waals surface area contributed by atoms with Crippen LogP contribution in [-0.2, 0) is 16.0 Å². The minimum Gasteiger partial charge on any atom is -0.383 e. The van der Waals surface area contributed by atoms with Gasteiger partial charge in [0.1, 0.15) is 0 Å². The zero-order chi connectivity index (χ0) is 17.9. The fourth-order valence-corrected chi connectivity index (χ4v) is 2.78. The molecule has 1 aliphatic heterocycles. The molecule has 2 rings (SSSR count). The molecular formula is C18H28N4O3. The van der Waals surface area contributed by atoms with Crippen molar-refractivity contribution in [1.29, 1.82) is 0 Å². The SMILES string of the molecule is COCCNC(=O)NC(=O)CN1CCN(CCc2ccccc2)CC1. The van der Waals surface area contributed by atoms with E-state index in [0.717, 1.165) is 39.1 Å². The molecular weight excluding hydrogens is 320 g/mol. The third kappa shape index (κ3) is 7.64. The average Bonchev–Trinajstić information content (AvgIpc) is 2.62. The van der Waals surface area contributed by atoms with Gasteiger partial charge in [-0.2, -0.15) is 0 Å². The summed E-state index contributed by atoms with van der Waals surface area (Å²) in [5.41, 5.74) is 1.35. The van der Waals surface area contributed by atoms with Crippen LogP contribution in [0, 0.1) is 0 Å². The number of rotatable bonds is 8. The van der Waals surface area contributed by atoms with Crippen molar-refractivity contribution in [2.45, 2.75) is 6.42 Å². The monoisotopic (exact) mass is 348 g/mol. The fourth-order valence-electron chi connectivity index (χ4n) is 2.78. The lowest BCUT2D eigenvalue weighted by Gasteiger charge is -2.34. The van der Waals surface area contributed by atoms with Crippen molar-refractivity contribution in [3.05, 3.63) is 35.9 Å². The predicted octanol–water partition coefficient (Wildman–Crippen LogP) is 0.319. The van der Waals surface area contributed by atoms with Gasteiger partial charge in [0.2, 0.25) is 5.91 Å². The van der Waals surface area contributed by atoms with Crippen LogP contribution >= 0.6 is 0 Å². The van der Waals surface area contributed by atoms with Crippen molar-refractivity contribution in [2.75, 3.05) is 59.5 Å². The highest BCUT2D eigenvalue weighted by atomic mass is 16.5. The number of hydrogen-bond donors (Lipinski definition) is 2. The largest absolute Gasteiger partial charge is 0.383 e. The molecule has 1 aliphatic rings. The lowest BCUT2D eigenvalue weighted by Crippen LogP contribution is -2.51. The molecule has 7 heteroatoms. The topological polar surface area (TPSA) is 73.9 Å². The minimum atomic E-state index is -0.469. The molecule has 0 atom stereocenters. The molecule has 0 aliphatic carbocycles. The Bertz CT molecular complexity index is 530. The summed E-state index contributed by atoms with van der Waals surface area (Å²) >= 11 is 0. The van der Waals surface area contributed by atoms with E-state index in [4.69, 9.17) is 4.74 Å². The van der Waals surface area contributed by atoms with Crippen LogP contribution in [0.15, 0.2) is 30.3 Å². The Morgan fingerprint density at radius 3 is 2.44 bits per heavy atom. The Balaban J connectivity index is 1.59. The van der Waals surface area contributed by atoms with E-state index in [0.29, 0.717) is 13.2 Å². The molecule has 1 aromatic rings. The third-order valence-electron chi connectivity index (χ3n) is 4.24. The van der Waals surface area contributed by atoms with Crippen molar-refractivity contribution < 1.29 is 14.3 Å². The summed E-state index contributed by atoms with van der Waals surface area (Å²) in [6, 6.07) is 10.00. The van der Waals surface area contributed by atoms with Gasteiger partial charge in [0.15, 0.2) is 0 Å². The number of nitrogens with one attached hydrogen (secondary N) is 2. The number of ether oxygens (including phenoxy) is 1. The molecule has 0 aromatic heterocycles. The summed E-state index contributed by atoms with van der Waals surface area (Å²) in [6.45, 7) is 5.67. The predicted molar refractivity (Wildman–Crippen MR) is 96.4 cm³/mol. The van der Waals surface area contributed by atoms with E-state index in [1.54, 1.807) is 7.11 Å². The van der Waals surface area contributed by atoms with Gasteiger partial charge in [-0.25, -0.2) is 4.79 Å². The number of piperazine rings is 1. The van der Waals surface area contributed by atoms with Crippen LogP contribution in [0.1, 0.15) is 5.56 Å². The molecule has 1 aromatic carbocycles. The maximum atomic E-state index is 11.9. The van der Waals surface area contributed by atoms with Gasteiger partial charge >= 0.3 is 6.03 Å². The molecule has 0 bridgehead atoms. The highest BCUT2D eigenvalue weighted by molar-refractivity contribution is 5.95. The van der Waals surface area contributed by atoms with Crippen LogP contribution in [0.3, 0.4) is 0 Å². The molecule has 3 amide bonds. The normalized spacial score (nSPS) is 15.7. The molecule has 0 unspecified atom stereocenters. The van der Waals surface area contributed by atoms with Crippen LogP contribution in [0.25, 0.3) is 0 Å². The summed E-state index contributed by atoms with van der Waals surface area (Å²) < 4.78 is 4.84. The van der Waals surface area contributed by atoms with Crippen LogP contribution in [0.4, 0.5) is 4.79 Å². The molecule has 1 fully saturated rings. The molecule has 2 N–H and O–H groups in total. The van der Waals surface area contributed by atoms with Gasteiger partial charge in [-0.3, -0.25) is 15.0 Å². The number of carbonyl (C=O) groups excluding carboxylic acids is 2. The van der Waals surface area contributed by atoms with Crippen molar-refractivity contribution in [3.8, 4) is 0 Å². The number of imide groups is 1. The summed E-state index contributed by atoms with van der Waals surface area (Å²) in [6.07, 6.45) is 1.04. The Hall–Kier alpha value is -1.96. The number of benzene rings is 1. The number of hydrogen-bond acceptors (Lipinski definition) is 5. The van der Waals surface area contributed by atoms with Gasteiger partial charge < -0.3 is 15.0 Å². The van der Waals surface area contributed by atoms with Gasteiger partial charge in [-0.15, -0.1) is 0 Å². The van der Waals surface area contributed by atoms with Crippen LogP contribution in [0.2, 0.25) is 0 Å². The van der Waals surface area contributed by atoms with Gasteiger partial charge in [-0.05, 0) is 12.0 Å². The van der Waals surface area contributed by atoms with E-state index in [-0.39, 0.29) is 12.5 Å². The van der Waals surface area contributed by atoms with Gasteiger partial charge in [0, 0.05) is 46.4 Å². The molecule has 1 heterocycles. The van der Waals surface area contributed by atoms with E-state index >= 15 is 0 Å². The Morgan fingerprint density at radius 2 is 1.76 bits per heavy atom. The third-order valence-corrected chi connectivity index (χ3v) is 4.24. The Kier molecular flexibility index (Phi) is 8.38. The Labute approximate surface area is 149 Å². The molecule has 1 saturated heterocycles. The zero-order valence-electron chi connectivity index (χ0n) is 14.9. The molecule has 0 radical (unpaired) electrons. The first-order chi connectivity index (χ1) is 12.2. The molecule has 138 valence electrons. The molecule has 0 spiro atoms. The Morgan fingerprint density at radius 1 is 1.08 bits per heavy atom. The lowest BCUT2D eigenvalue weighted by molar-refractivity contribution is -0.121. The average molecular weight is 348 g/mol. The summed E-state index contributed by atoms with van der Waals surface area (Å²) in [7, 11) is 1.56. The molecule has 7 nitrogen and oxygen atoms in total. The number of nitrogens with zero attached hydrogens (tertiary/aromatic N) is 2. The van der Waals surface area contributed by atoms with Crippen molar-refractivity contribution in [3.63, 3.8) is 0 Å². The second-order valence-electron chi connectivity index (χ2n) is 6.15. The quantitative estimate of drug-likeness (QED) is 0.662. The van der Waals surface area contributed by atoms with Crippen LogP contribution < -0.4 is 10.6 Å². The fraction of sp³-hybridized carbons (Fsp3) is 0.556. The van der Waals surface area contributed by atoms with Crippen LogP contribution in [0.5, 0.6) is 0 Å². The second-order valence-corrected chi connectivity index (χ2v) is 6.15. The zero-order valence-corrected chi connectivity index (χ0v) is 14.9.